The van der Waals surface area contributed by atoms with Crippen LogP contribution in [0, 0.1) is 5.92 Å². The number of rotatable bonds is 5. The van der Waals surface area contributed by atoms with E-state index in [0.717, 1.165) is 19.4 Å². The van der Waals surface area contributed by atoms with Crippen LogP contribution in [-0.4, -0.2) is 35.4 Å². The first-order valence-corrected chi connectivity index (χ1v) is 14.2. The Hall–Kier alpha value is 0.314. The van der Waals surface area contributed by atoms with E-state index >= 15 is 0 Å². The van der Waals surface area contributed by atoms with Gasteiger partial charge in [-0.1, -0.05) is 20.8 Å². The van der Waals surface area contributed by atoms with Gasteiger partial charge < -0.3 is 14.6 Å². The topological polar surface area (TPSA) is 44.5 Å². The number of hydrogen-bond acceptors (Lipinski definition) is 3. The zero-order chi connectivity index (χ0) is 15.8. The number of hydrogen-bond donors (Lipinski definition) is 1. The molecule has 0 unspecified atom stereocenters. The maximum absolute atomic E-state index is 6.34. The van der Waals surface area contributed by atoms with E-state index in [-0.39, 0.29) is 17.2 Å². The molecule has 0 spiro atoms. The standard InChI is InChI=1S/C15H35NO2Si2/c1-15(2,3)20(7,8)17-11-12-9-13(16)14(10-12)18-19(4,5)6/h12-14H,9-11,16H2,1-8H3/t12-,13+,14+/m0/s1. The SMILES string of the molecule is CC(C)(C)[Si](C)(C)OC[C@H]1C[C@@H](N)[C@H](O[Si](C)(C)C)C1. The van der Waals surface area contributed by atoms with E-state index in [1.165, 1.54) is 0 Å². The molecule has 1 saturated carbocycles. The van der Waals surface area contributed by atoms with Gasteiger partial charge in [0.1, 0.15) is 0 Å². The maximum Gasteiger partial charge on any atom is 0.191 e. The normalized spacial score (nSPS) is 28.9. The molecule has 0 heterocycles. The van der Waals surface area contributed by atoms with Gasteiger partial charge in [0.2, 0.25) is 0 Å². The van der Waals surface area contributed by atoms with Crippen molar-refractivity contribution in [2.24, 2.45) is 11.7 Å². The van der Waals surface area contributed by atoms with Crippen molar-refractivity contribution in [3.63, 3.8) is 0 Å². The van der Waals surface area contributed by atoms with Crippen LogP contribution in [0.3, 0.4) is 0 Å². The van der Waals surface area contributed by atoms with Crippen molar-refractivity contribution in [1.29, 1.82) is 0 Å². The molecule has 20 heavy (non-hydrogen) atoms. The van der Waals surface area contributed by atoms with Crippen LogP contribution in [0.4, 0.5) is 0 Å². The molecule has 0 aromatic heterocycles. The molecule has 3 nitrogen and oxygen atoms in total. The second-order valence-corrected chi connectivity index (χ2v) is 18.1. The molecular formula is C15H35NO2Si2. The van der Waals surface area contributed by atoms with Gasteiger partial charge in [-0.25, -0.2) is 0 Å². The third-order valence-corrected chi connectivity index (χ3v) is 10.2. The summed E-state index contributed by atoms with van der Waals surface area (Å²) in [5, 5.41) is 0.280. The van der Waals surface area contributed by atoms with E-state index in [0.29, 0.717) is 5.92 Å². The van der Waals surface area contributed by atoms with Crippen LogP contribution >= 0.6 is 0 Å². The van der Waals surface area contributed by atoms with Gasteiger partial charge in [0.15, 0.2) is 16.6 Å². The first-order chi connectivity index (χ1) is 8.82. The maximum atomic E-state index is 6.34. The van der Waals surface area contributed by atoms with Gasteiger partial charge >= 0.3 is 0 Å². The fourth-order valence-corrected chi connectivity index (χ4v) is 4.67. The molecule has 1 aliphatic rings. The van der Waals surface area contributed by atoms with Crippen LogP contribution in [0.15, 0.2) is 0 Å². The first-order valence-electron chi connectivity index (χ1n) is 7.89. The molecule has 0 saturated heterocycles. The molecule has 5 heteroatoms. The lowest BCUT2D eigenvalue weighted by atomic mass is 10.1. The van der Waals surface area contributed by atoms with Crippen molar-refractivity contribution in [2.45, 2.75) is 83.5 Å². The van der Waals surface area contributed by atoms with Crippen LogP contribution in [0.2, 0.25) is 37.8 Å². The van der Waals surface area contributed by atoms with E-state index in [1.807, 2.05) is 0 Å². The van der Waals surface area contributed by atoms with E-state index < -0.39 is 16.6 Å². The molecule has 1 fully saturated rings. The highest BCUT2D eigenvalue weighted by Gasteiger charge is 2.40. The molecule has 3 atom stereocenters. The van der Waals surface area contributed by atoms with E-state index in [2.05, 4.69) is 53.5 Å². The fourth-order valence-electron chi connectivity index (χ4n) is 2.40. The third kappa shape index (κ3) is 5.26. The Kier molecular flexibility index (Phi) is 5.70. The second-order valence-electron chi connectivity index (χ2n) is 8.84. The molecule has 0 bridgehead atoms. The van der Waals surface area contributed by atoms with E-state index in [9.17, 15) is 0 Å². The summed E-state index contributed by atoms with van der Waals surface area (Å²) in [5.74, 6) is 0.570. The lowest BCUT2D eigenvalue weighted by Gasteiger charge is -2.37. The minimum atomic E-state index is -1.64. The van der Waals surface area contributed by atoms with E-state index in [1.54, 1.807) is 0 Å². The highest BCUT2D eigenvalue weighted by Crippen LogP contribution is 2.38. The zero-order valence-corrected chi connectivity index (χ0v) is 16.7. The molecule has 0 amide bonds. The van der Waals surface area contributed by atoms with Crippen LogP contribution in [0.25, 0.3) is 0 Å². The van der Waals surface area contributed by atoms with Crippen LogP contribution < -0.4 is 5.73 Å². The van der Waals surface area contributed by atoms with Crippen LogP contribution in [0.5, 0.6) is 0 Å². The highest BCUT2D eigenvalue weighted by atomic mass is 28.4. The smallest absolute Gasteiger partial charge is 0.191 e. The van der Waals surface area contributed by atoms with E-state index in [4.69, 9.17) is 14.6 Å². The fraction of sp³-hybridized carbons (Fsp3) is 1.00. The summed E-state index contributed by atoms with van der Waals surface area (Å²) in [7, 11) is -3.13. The van der Waals surface area contributed by atoms with Crippen molar-refractivity contribution in [3.05, 3.63) is 0 Å². The Balaban J connectivity index is 2.49. The zero-order valence-electron chi connectivity index (χ0n) is 14.7. The summed E-state index contributed by atoms with van der Waals surface area (Å²) in [4.78, 5) is 0. The molecule has 0 aliphatic heterocycles. The Morgan fingerprint density at radius 1 is 1.05 bits per heavy atom. The van der Waals surface area contributed by atoms with Gasteiger partial charge in [0.25, 0.3) is 0 Å². The molecule has 1 rings (SSSR count). The Labute approximate surface area is 127 Å². The van der Waals surface area contributed by atoms with Crippen molar-refractivity contribution in [3.8, 4) is 0 Å². The number of nitrogens with two attached hydrogens (primary N) is 1. The van der Waals surface area contributed by atoms with Gasteiger partial charge in [-0.3, -0.25) is 0 Å². The average molecular weight is 318 g/mol. The molecule has 120 valence electrons. The molecule has 1 aliphatic carbocycles. The monoisotopic (exact) mass is 317 g/mol. The minimum Gasteiger partial charge on any atom is -0.417 e. The molecule has 2 N–H and O–H groups in total. The first kappa shape index (κ1) is 18.4. The van der Waals surface area contributed by atoms with Crippen molar-refractivity contribution >= 4 is 16.6 Å². The summed E-state index contributed by atoms with van der Waals surface area (Å²) < 4.78 is 12.6. The van der Waals surface area contributed by atoms with Gasteiger partial charge in [0.05, 0.1) is 6.10 Å². The third-order valence-electron chi connectivity index (χ3n) is 4.64. The Morgan fingerprint density at radius 3 is 2.05 bits per heavy atom. The molecule has 0 aromatic carbocycles. The lowest BCUT2D eigenvalue weighted by molar-refractivity contribution is 0.170. The van der Waals surface area contributed by atoms with Gasteiger partial charge in [0, 0.05) is 12.6 Å². The summed E-state index contributed by atoms with van der Waals surface area (Å²) in [6, 6.07) is 0.190. The molecular weight excluding hydrogens is 282 g/mol. The summed E-state index contributed by atoms with van der Waals surface area (Å²) in [5.41, 5.74) is 6.25. The van der Waals surface area contributed by atoms with Gasteiger partial charge in [-0.2, -0.15) is 0 Å². The molecule has 0 aromatic rings. The highest BCUT2D eigenvalue weighted by molar-refractivity contribution is 6.74. The molecule has 0 radical (unpaired) electrons. The minimum absolute atomic E-state index is 0.190. The summed E-state index contributed by atoms with van der Waals surface area (Å²) in [6.07, 6.45) is 2.36. The Morgan fingerprint density at radius 2 is 1.60 bits per heavy atom. The predicted octanol–water partition coefficient (Wildman–Crippen LogP) is 3.97. The van der Waals surface area contributed by atoms with Crippen molar-refractivity contribution in [2.75, 3.05) is 6.61 Å². The average Bonchev–Trinajstić information content (AvgIpc) is 2.53. The van der Waals surface area contributed by atoms with Gasteiger partial charge in [-0.05, 0) is 56.5 Å². The summed E-state index contributed by atoms with van der Waals surface area (Å²) in [6.45, 7) is 19.1. The Bertz CT molecular complexity index is 321. The largest absolute Gasteiger partial charge is 0.417 e. The van der Waals surface area contributed by atoms with Crippen LogP contribution in [-0.2, 0) is 8.85 Å². The quantitative estimate of drug-likeness (QED) is 0.780. The predicted molar refractivity (Wildman–Crippen MR) is 92.1 cm³/mol. The van der Waals surface area contributed by atoms with Crippen molar-refractivity contribution in [1.82, 2.24) is 0 Å². The second kappa shape index (κ2) is 6.20. The summed E-state index contributed by atoms with van der Waals surface area (Å²) >= 11 is 0. The van der Waals surface area contributed by atoms with Gasteiger partial charge in [-0.15, -0.1) is 0 Å². The van der Waals surface area contributed by atoms with Crippen molar-refractivity contribution < 1.29 is 8.85 Å². The lowest BCUT2D eigenvalue weighted by Crippen LogP contribution is -2.41. The van der Waals surface area contributed by atoms with Crippen LogP contribution in [0.1, 0.15) is 33.6 Å².